The minimum atomic E-state index is -3.49. The van der Waals surface area contributed by atoms with E-state index < -0.39 is 10.0 Å². The maximum atomic E-state index is 12.5. The normalized spacial score (nSPS) is 11.4. The van der Waals surface area contributed by atoms with Crippen LogP contribution in [0, 0.1) is 13.8 Å². The summed E-state index contributed by atoms with van der Waals surface area (Å²) in [6.45, 7) is 8.60. The smallest absolute Gasteiger partial charge is 0.243 e. The van der Waals surface area contributed by atoms with E-state index in [1.807, 2.05) is 32.0 Å². The monoisotopic (exact) mass is 389 g/mol. The Morgan fingerprint density at radius 2 is 1.63 bits per heavy atom. The number of aryl methyl sites for hydroxylation is 1. The summed E-state index contributed by atoms with van der Waals surface area (Å²) in [5, 5.41) is 5.90. The molecule has 0 saturated heterocycles. The fraction of sp³-hybridized carbons (Fsp3) is 0.350. The summed E-state index contributed by atoms with van der Waals surface area (Å²) in [4.78, 5) is 12.4. The van der Waals surface area contributed by atoms with Crippen molar-refractivity contribution in [1.82, 2.24) is 4.31 Å². The molecule has 2 aromatic carbocycles. The number of anilines is 2. The second kappa shape index (κ2) is 9.01. The number of rotatable bonds is 8. The number of sulfonamides is 1. The lowest BCUT2D eigenvalue weighted by atomic mass is 10.1. The molecule has 0 heterocycles. The van der Waals surface area contributed by atoms with Crippen LogP contribution in [0.15, 0.2) is 47.4 Å². The van der Waals surface area contributed by atoms with Crippen LogP contribution >= 0.6 is 0 Å². The first kappa shape index (κ1) is 20.9. The second-order valence-corrected chi connectivity index (χ2v) is 8.20. The summed E-state index contributed by atoms with van der Waals surface area (Å²) in [7, 11) is -3.49. The second-order valence-electron chi connectivity index (χ2n) is 6.26. The van der Waals surface area contributed by atoms with Gasteiger partial charge in [0.25, 0.3) is 0 Å². The first-order valence-corrected chi connectivity index (χ1v) is 10.4. The minimum absolute atomic E-state index is 0.129. The molecule has 0 saturated carbocycles. The predicted molar refractivity (Wildman–Crippen MR) is 110 cm³/mol. The van der Waals surface area contributed by atoms with E-state index in [0.717, 1.165) is 16.8 Å². The molecule has 2 rings (SSSR count). The van der Waals surface area contributed by atoms with Gasteiger partial charge in [-0.15, -0.1) is 0 Å². The molecule has 0 unspecified atom stereocenters. The summed E-state index contributed by atoms with van der Waals surface area (Å²) in [5.74, 6) is -0.199. The van der Waals surface area contributed by atoms with Crippen molar-refractivity contribution in [3.05, 3.63) is 53.6 Å². The first-order chi connectivity index (χ1) is 12.8. The van der Waals surface area contributed by atoms with Gasteiger partial charge in [-0.3, -0.25) is 4.79 Å². The molecule has 0 radical (unpaired) electrons. The maximum Gasteiger partial charge on any atom is 0.243 e. The van der Waals surface area contributed by atoms with E-state index >= 15 is 0 Å². The lowest BCUT2D eigenvalue weighted by molar-refractivity contribution is -0.114. The summed E-state index contributed by atoms with van der Waals surface area (Å²) >= 11 is 0. The Labute approximate surface area is 161 Å². The number of nitrogens with one attached hydrogen (secondary N) is 2. The number of carbonyl (C=O) groups is 1. The van der Waals surface area contributed by atoms with Crippen LogP contribution in [0.2, 0.25) is 0 Å². The molecule has 0 aliphatic carbocycles. The van der Waals surface area contributed by atoms with E-state index in [1.54, 1.807) is 26.0 Å². The fourth-order valence-electron chi connectivity index (χ4n) is 2.75. The van der Waals surface area contributed by atoms with Crippen LogP contribution in [0.25, 0.3) is 0 Å². The van der Waals surface area contributed by atoms with E-state index in [1.165, 1.54) is 16.4 Å². The Balaban J connectivity index is 2.00. The molecule has 0 atom stereocenters. The van der Waals surface area contributed by atoms with Crippen molar-refractivity contribution in [1.29, 1.82) is 0 Å². The van der Waals surface area contributed by atoms with Crippen molar-refractivity contribution >= 4 is 27.3 Å². The molecule has 0 aromatic heterocycles. The van der Waals surface area contributed by atoms with Crippen molar-refractivity contribution in [2.75, 3.05) is 30.3 Å². The minimum Gasteiger partial charge on any atom is -0.376 e. The van der Waals surface area contributed by atoms with Gasteiger partial charge in [-0.2, -0.15) is 4.31 Å². The highest BCUT2D eigenvalue weighted by atomic mass is 32.2. The standard InChI is InChI=1S/C20H27N3O3S/c1-5-23(6-2)27(25,26)18-12-10-17(11-13-18)22-20(24)14-21-19-9-7-8-15(3)16(19)4/h7-13,21H,5-6,14H2,1-4H3,(H,22,24). The Morgan fingerprint density at radius 1 is 1.00 bits per heavy atom. The van der Waals surface area contributed by atoms with E-state index in [2.05, 4.69) is 10.6 Å². The number of hydrogen-bond donors (Lipinski definition) is 2. The quantitative estimate of drug-likeness (QED) is 0.725. The van der Waals surface area contributed by atoms with Crippen LogP contribution in [-0.2, 0) is 14.8 Å². The molecule has 0 aliphatic rings. The number of carbonyl (C=O) groups excluding carboxylic acids is 1. The molecule has 0 spiro atoms. The van der Waals surface area contributed by atoms with Crippen molar-refractivity contribution in [3.8, 4) is 0 Å². The average Bonchev–Trinajstić information content (AvgIpc) is 2.64. The van der Waals surface area contributed by atoms with Crippen molar-refractivity contribution in [2.24, 2.45) is 0 Å². The summed E-state index contributed by atoms with van der Waals surface area (Å²) < 4.78 is 26.3. The van der Waals surface area contributed by atoms with Gasteiger partial charge in [-0.05, 0) is 55.3 Å². The number of nitrogens with zero attached hydrogens (tertiary/aromatic N) is 1. The van der Waals surface area contributed by atoms with Gasteiger partial charge in [0.05, 0.1) is 11.4 Å². The van der Waals surface area contributed by atoms with Crippen LogP contribution in [0.5, 0.6) is 0 Å². The van der Waals surface area contributed by atoms with Gasteiger partial charge in [0, 0.05) is 24.5 Å². The predicted octanol–water partition coefficient (Wildman–Crippen LogP) is 3.38. The molecule has 2 aromatic rings. The van der Waals surface area contributed by atoms with Crippen molar-refractivity contribution in [2.45, 2.75) is 32.6 Å². The Morgan fingerprint density at radius 3 is 2.22 bits per heavy atom. The molecule has 0 fully saturated rings. The number of hydrogen-bond acceptors (Lipinski definition) is 4. The molecule has 27 heavy (non-hydrogen) atoms. The van der Waals surface area contributed by atoms with Crippen LogP contribution in [-0.4, -0.2) is 38.3 Å². The molecule has 0 aliphatic heterocycles. The third kappa shape index (κ3) is 5.08. The molecular formula is C20H27N3O3S. The third-order valence-electron chi connectivity index (χ3n) is 4.53. The SMILES string of the molecule is CCN(CC)S(=O)(=O)c1ccc(NC(=O)CNc2cccc(C)c2C)cc1. The topological polar surface area (TPSA) is 78.5 Å². The third-order valence-corrected chi connectivity index (χ3v) is 6.59. The Kier molecular flexibility index (Phi) is 6.98. The number of amides is 1. The van der Waals surface area contributed by atoms with E-state index in [4.69, 9.17) is 0 Å². The zero-order valence-electron chi connectivity index (χ0n) is 16.2. The largest absolute Gasteiger partial charge is 0.376 e. The van der Waals surface area contributed by atoms with Gasteiger partial charge in [0.2, 0.25) is 15.9 Å². The van der Waals surface area contributed by atoms with Gasteiger partial charge < -0.3 is 10.6 Å². The molecule has 1 amide bonds. The van der Waals surface area contributed by atoms with Gasteiger partial charge in [-0.25, -0.2) is 8.42 Å². The van der Waals surface area contributed by atoms with Gasteiger partial charge in [0.15, 0.2) is 0 Å². The van der Waals surface area contributed by atoms with Crippen LogP contribution in [0.3, 0.4) is 0 Å². The summed E-state index contributed by atoms with van der Waals surface area (Å²) in [6, 6.07) is 12.1. The van der Waals surface area contributed by atoms with Crippen LogP contribution in [0.4, 0.5) is 11.4 Å². The molecule has 0 bridgehead atoms. The van der Waals surface area contributed by atoms with Crippen LogP contribution < -0.4 is 10.6 Å². The molecular weight excluding hydrogens is 362 g/mol. The van der Waals surface area contributed by atoms with E-state index in [0.29, 0.717) is 18.8 Å². The van der Waals surface area contributed by atoms with E-state index in [9.17, 15) is 13.2 Å². The number of benzene rings is 2. The maximum absolute atomic E-state index is 12.5. The fourth-order valence-corrected chi connectivity index (χ4v) is 4.20. The highest BCUT2D eigenvalue weighted by Gasteiger charge is 2.21. The average molecular weight is 390 g/mol. The van der Waals surface area contributed by atoms with Crippen molar-refractivity contribution < 1.29 is 13.2 Å². The summed E-state index contributed by atoms with van der Waals surface area (Å²) in [5.41, 5.74) is 3.74. The van der Waals surface area contributed by atoms with Gasteiger partial charge in [-0.1, -0.05) is 26.0 Å². The molecule has 146 valence electrons. The Hall–Kier alpha value is -2.38. The van der Waals surface area contributed by atoms with Gasteiger partial charge in [0.1, 0.15) is 0 Å². The highest BCUT2D eigenvalue weighted by Crippen LogP contribution is 2.19. The zero-order chi connectivity index (χ0) is 20.0. The Bertz CT molecular complexity index is 889. The molecule has 7 heteroatoms. The molecule has 2 N–H and O–H groups in total. The highest BCUT2D eigenvalue weighted by molar-refractivity contribution is 7.89. The van der Waals surface area contributed by atoms with E-state index in [-0.39, 0.29) is 17.3 Å². The lowest BCUT2D eigenvalue weighted by Gasteiger charge is -2.18. The summed E-state index contributed by atoms with van der Waals surface area (Å²) in [6.07, 6.45) is 0. The van der Waals surface area contributed by atoms with Crippen LogP contribution in [0.1, 0.15) is 25.0 Å². The zero-order valence-corrected chi connectivity index (χ0v) is 17.1. The van der Waals surface area contributed by atoms with Gasteiger partial charge >= 0.3 is 0 Å². The molecule has 6 nitrogen and oxygen atoms in total. The van der Waals surface area contributed by atoms with Crippen molar-refractivity contribution in [3.63, 3.8) is 0 Å². The first-order valence-electron chi connectivity index (χ1n) is 8.99. The lowest BCUT2D eigenvalue weighted by Crippen LogP contribution is -2.30.